The van der Waals surface area contributed by atoms with Gasteiger partial charge in [-0.1, -0.05) is 29.8 Å². The molecule has 2 heteroatoms. The van der Waals surface area contributed by atoms with Crippen LogP contribution in [0.5, 0.6) is 0 Å². The molecule has 1 fully saturated rings. The molecule has 1 aliphatic rings. The van der Waals surface area contributed by atoms with Crippen molar-refractivity contribution in [3.05, 3.63) is 35.4 Å². The minimum absolute atomic E-state index is 0.252. The first-order valence-electron chi connectivity index (χ1n) is 5.23. The van der Waals surface area contributed by atoms with E-state index in [0.717, 1.165) is 12.8 Å². The van der Waals surface area contributed by atoms with E-state index in [1.54, 1.807) is 0 Å². The third-order valence-corrected chi connectivity index (χ3v) is 2.91. The second-order valence-corrected chi connectivity index (χ2v) is 4.09. The normalized spacial score (nSPS) is 26.7. The van der Waals surface area contributed by atoms with Gasteiger partial charge in [0.1, 0.15) is 0 Å². The number of aliphatic hydroxyl groups excluding tert-OH is 1. The third-order valence-electron chi connectivity index (χ3n) is 2.91. The minimum Gasteiger partial charge on any atom is -0.395 e. The number of benzene rings is 1. The molecular weight excluding hydrogens is 174 g/mol. The van der Waals surface area contributed by atoms with Crippen LogP contribution in [0, 0.1) is 6.92 Å². The molecule has 76 valence electrons. The van der Waals surface area contributed by atoms with Crippen LogP contribution in [-0.2, 0) is 0 Å². The summed E-state index contributed by atoms with van der Waals surface area (Å²) < 4.78 is 0. The van der Waals surface area contributed by atoms with Crippen molar-refractivity contribution in [1.82, 2.24) is 5.32 Å². The van der Waals surface area contributed by atoms with Gasteiger partial charge in [0.15, 0.2) is 0 Å². The van der Waals surface area contributed by atoms with E-state index in [9.17, 15) is 0 Å². The van der Waals surface area contributed by atoms with Crippen LogP contribution in [0.15, 0.2) is 24.3 Å². The maximum Gasteiger partial charge on any atom is 0.0584 e. The van der Waals surface area contributed by atoms with Crippen molar-refractivity contribution in [2.45, 2.75) is 31.8 Å². The summed E-state index contributed by atoms with van der Waals surface area (Å²) in [6.07, 6.45) is 2.21. The summed E-state index contributed by atoms with van der Waals surface area (Å²) >= 11 is 0. The van der Waals surface area contributed by atoms with Gasteiger partial charge >= 0.3 is 0 Å². The van der Waals surface area contributed by atoms with Crippen molar-refractivity contribution in [3.8, 4) is 0 Å². The molecule has 2 N–H and O–H groups in total. The zero-order valence-corrected chi connectivity index (χ0v) is 8.53. The molecule has 0 aromatic heterocycles. The number of hydrogen-bond acceptors (Lipinski definition) is 2. The van der Waals surface area contributed by atoms with Crippen LogP contribution >= 0.6 is 0 Å². The fourth-order valence-corrected chi connectivity index (χ4v) is 2.11. The molecule has 2 nitrogen and oxygen atoms in total. The number of nitrogens with one attached hydrogen (secondary N) is 1. The van der Waals surface area contributed by atoms with Gasteiger partial charge in [-0.25, -0.2) is 0 Å². The fourth-order valence-electron chi connectivity index (χ4n) is 2.11. The van der Waals surface area contributed by atoms with Crippen molar-refractivity contribution < 1.29 is 5.11 Å². The highest BCUT2D eigenvalue weighted by atomic mass is 16.3. The average Bonchev–Trinajstić information content (AvgIpc) is 2.66. The Bertz CT molecular complexity index is 311. The highest BCUT2D eigenvalue weighted by Crippen LogP contribution is 2.26. The molecule has 0 amide bonds. The predicted molar refractivity (Wildman–Crippen MR) is 57.2 cm³/mol. The van der Waals surface area contributed by atoms with E-state index in [4.69, 9.17) is 5.11 Å². The van der Waals surface area contributed by atoms with E-state index >= 15 is 0 Å². The summed E-state index contributed by atoms with van der Waals surface area (Å²) in [6, 6.07) is 9.31. The molecule has 0 aliphatic carbocycles. The summed E-state index contributed by atoms with van der Waals surface area (Å²) in [4.78, 5) is 0. The molecule has 0 unspecified atom stereocenters. The zero-order valence-electron chi connectivity index (χ0n) is 8.53. The van der Waals surface area contributed by atoms with Gasteiger partial charge in [-0.3, -0.25) is 0 Å². The van der Waals surface area contributed by atoms with Crippen LogP contribution in [-0.4, -0.2) is 17.8 Å². The molecule has 1 saturated heterocycles. The Morgan fingerprint density at radius 2 is 2.29 bits per heavy atom. The Balaban J connectivity index is 2.09. The fraction of sp³-hybridized carbons (Fsp3) is 0.500. The third kappa shape index (κ3) is 1.97. The monoisotopic (exact) mass is 191 g/mol. The molecule has 2 atom stereocenters. The lowest BCUT2D eigenvalue weighted by atomic mass is 10.0. The molecule has 0 radical (unpaired) electrons. The largest absolute Gasteiger partial charge is 0.395 e. The van der Waals surface area contributed by atoms with Crippen LogP contribution < -0.4 is 5.32 Å². The van der Waals surface area contributed by atoms with Gasteiger partial charge in [-0.15, -0.1) is 0 Å². The second kappa shape index (κ2) is 4.11. The highest BCUT2D eigenvalue weighted by molar-refractivity contribution is 5.25. The zero-order chi connectivity index (χ0) is 9.97. The van der Waals surface area contributed by atoms with Crippen molar-refractivity contribution in [1.29, 1.82) is 0 Å². The summed E-state index contributed by atoms with van der Waals surface area (Å²) in [5.74, 6) is 0. The SMILES string of the molecule is Cc1cccc([C@@H]2CC[C@H](CO)N2)c1. The quantitative estimate of drug-likeness (QED) is 0.747. The van der Waals surface area contributed by atoms with Crippen molar-refractivity contribution >= 4 is 0 Å². The van der Waals surface area contributed by atoms with Gasteiger partial charge in [-0.2, -0.15) is 0 Å². The van der Waals surface area contributed by atoms with Gasteiger partial charge in [0.2, 0.25) is 0 Å². The van der Waals surface area contributed by atoms with E-state index in [2.05, 4.69) is 36.5 Å². The molecule has 1 aliphatic heterocycles. The predicted octanol–water partition coefficient (Wildman–Crippen LogP) is 1.78. The summed E-state index contributed by atoms with van der Waals surface area (Å²) in [5, 5.41) is 12.5. The Hall–Kier alpha value is -0.860. The molecule has 0 spiro atoms. The number of aryl methyl sites for hydroxylation is 1. The molecule has 1 aromatic rings. The molecule has 0 saturated carbocycles. The highest BCUT2D eigenvalue weighted by Gasteiger charge is 2.23. The van der Waals surface area contributed by atoms with E-state index in [1.807, 2.05) is 0 Å². The molecule has 0 bridgehead atoms. The first-order valence-corrected chi connectivity index (χ1v) is 5.23. The lowest BCUT2D eigenvalue weighted by Gasteiger charge is -2.13. The van der Waals surface area contributed by atoms with Crippen LogP contribution in [0.3, 0.4) is 0 Å². The molecule has 14 heavy (non-hydrogen) atoms. The first kappa shape index (κ1) is 9.69. The summed E-state index contributed by atoms with van der Waals surface area (Å²) in [6.45, 7) is 2.37. The molecule has 1 aromatic carbocycles. The van der Waals surface area contributed by atoms with Crippen molar-refractivity contribution in [2.24, 2.45) is 0 Å². The average molecular weight is 191 g/mol. The Morgan fingerprint density at radius 3 is 2.93 bits per heavy atom. The van der Waals surface area contributed by atoms with E-state index < -0.39 is 0 Å². The van der Waals surface area contributed by atoms with E-state index in [-0.39, 0.29) is 6.61 Å². The Labute approximate surface area is 85.0 Å². The maximum absolute atomic E-state index is 9.02. The second-order valence-electron chi connectivity index (χ2n) is 4.09. The van der Waals surface area contributed by atoms with E-state index in [1.165, 1.54) is 11.1 Å². The lowest BCUT2D eigenvalue weighted by Crippen LogP contribution is -2.27. The molecule has 1 heterocycles. The van der Waals surface area contributed by atoms with Crippen molar-refractivity contribution in [2.75, 3.05) is 6.61 Å². The van der Waals surface area contributed by atoms with Gasteiger partial charge in [-0.05, 0) is 25.3 Å². The first-order chi connectivity index (χ1) is 6.79. The maximum atomic E-state index is 9.02. The van der Waals surface area contributed by atoms with Gasteiger partial charge < -0.3 is 10.4 Å². The molecular formula is C12H17NO. The van der Waals surface area contributed by atoms with Crippen LogP contribution in [0.2, 0.25) is 0 Å². The Morgan fingerprint density at radius 1 is 1.43 bits per heavy atom. The lowest BCUT2D eigenvalue weighted by molar-refractivity contribution is 0.251. The van der Waals surface area contributed by atoms with E-state index in [0.29, 0.717) is 12.1 Å². The Kier molecular flexibility index (Phi) is 2.85. The number of rotatable bonds is 2. The van der Waals surface area contributed by atoms with Gasteiger partial charge in [0, 0.05) is 12.1 Å². The van der Waals surface area contributed by atoms with Gasteiger partial charge in [0.05, 0.1) is 6.61 Å². The smallest absolute Gasteiger partial charge is 0.0584 e. The van der Waals surface area contributed by atoms with Gasteiger partial charge in [0.25, 0.3) is 0 Å². The summed E-state index contributed by atoms with van der Waals surface area (Å²) in [7, 11) is 0. The summed E-state index contributed by atoms with van der Waals surface area (Å²) in [5.41, 5.74) is 2.65. The topological polar surface area (TPSA) is 32.3 Å². The van der Waals surface area contributed by atoms with Crippen LogP contribution in [0.1, 0.15) is 30.0 Å². The van der Waals surface area contributed by atoms with Crippen LogP contribution in [0.4, 0.5) is 0 Å². The number of aliphatic hydroxyl groups is 1. The van der Waals surface area contributed by atoms with Crippen LogP contribution in [0.25, 0.3) is 0 Å². The standard InChI is InChI=1S/C12H17NO/c1-9-3-2-4-10(7-9)12-6-5-11(8-14)13-12/h2-4,7,11-14H,5-6,8H2,1H3/t11-,12+/m1/s1. The van der Waals surface area contributed by atoms with Crippen molar-refractivity contribution in [3.63, 3.8) is 0 Å². The minimum atomic E-state index is 0.252. The molecule has 2 rings (SSSR count). The number of hydrogen-bond donors (Lipinski definition) is 2.